The Morgan fingerprint density at radius 3 is 2.62 bits per heavy atom. The average Bonchev–Trinajstić information content (AvgIpc) is 3.16. The Balaban J connectivity index is 1.73. The van der Waals surface area contributed by atoms with Crippen LogP contribution in [0, 0.1) is 6.92 Å². The van der Waals surface area contributed by atoms with Crippen LogP contribution in [0.15, 0.2) is 59.8 Å². The number of rotatable bonds is 7. The van der Waals surface area contributed by atoms with E-state index >= 15 is 0 Å². The van der Waals surface area contributed by atoms with Crippen LogP contribution in [0.3, 0.4) is 0 Å². The second-order valence-corrected chi connectivity index (χ2v) is 9.16. The number of para-hydroxylation sites is 1. The van der Waals surface area contributed by atoms with Gasteiger partial charge in [-0.15, -0.1) is 10.2 Å². The van der Waals surface area contributed by atoms with Crippen molar-refractivity contribution in [1.82, 2.24) is 25.1 Å². The molecule has 2 aromatic carbocycles. The number of hydrogen-bond donors (Lipinski definition) is 1. The van der Waals surface area contributed by atoms with Crippen molar-refractivity contribution in [3.63, 3.8) is 0 Å². The summed E-state index contributed by atoms with van der Waals surface area (Å²) in [5.74, 6) is 0.762. The van der Waals surface area contributed by atoms with E-state index in [9.17, 15) is 4.79 Å². The summed E-state index contributed by atoms with van der Waals surface area (Å²) in [6.07, 6.45) is 0.912. The van der Waals surface area contributed by atoms with Crippen LogP contribution in [0.1, 0.15) is 25.8 Å². The number of pyridine rings is 1. The van der Waals surface area contributed by atoms with Gasteiger partial charge in [0, 0.05) is 30.1 Å². The maximum atomic E-state index is 12.3. The number of fused-ring (bicyclic) bond motifs is 1. The number of benzene rings is 2. The van der Waals surface area contributed by atoms with Crippen LogP contribution in [-0.2, 0) is 11.8 Å². The second kappa shape index (κ2) is 9.53. The van der Waals surface area contributed by atoms with E-state index in [0.717, 1.165) is 40.0 Å². The van der Waals surface area contributed by atoms with Crippen molar-refractivity contribution in [3.8, 4) is 22.6 Å². The fourth-order valence-corrected chi connectivity index (χ4v) is 4.33. The molecule has 32 heavy (non-hydrogen) atoms. The molecule has 164 valence electrons. The molecule has 1 unspecified atom stereocenters. The Hall–Kier alpha value is -3.19. The number of thioether (sulfide) groups is 1. The molecule has 4 rings (SSSR count). The van der Waals surface area contributed by atoms with Crippen LogP contribution < -0.4 is 5.32 Å². The van der Waals surface area contributed by atoms with E-state index in [1.165, 1.54) is 17.3 Å². The lowest BCUT2D eigenvalue weighted by molar-refractivity contribution is -0.120. The largest absolute Gasteiger partial charge is 0.355 e. The highest BCUT2D eigenvalue weighted by Crippen LogP contribution is 2.33. The maximum Gasteiger partial charge on any atom is 0.233 e. The minimum Gasteiger partial charge on any atom is -0.355 e. The van der Waals surface area contributed by atoms with Crippen LogP contribution in [0.2, 0.25) is 0 Å². The van der Waals surface area contributed by atoms with Gasteiger partial charge in [-0.05, 0) is 32.4 Å². The van der Waals surface area contributed by atoms with E-state index in [1.54, 1.807) is 0 Å². The highest BCUT2D eigenvalue weighted by molar-refractivity contribution is 8.00. The first-order chi connectivity index (χ1) is 15.5. The number of nitrogens with one attached hydrogen (secondary N) is 1. The average molecular weight is 446 g/mol. The van der Waals surface area contributed by atoms with Crippen molar-refractivity contribution in [1.29, 1.82) is 0 Å². The van der Waals surface area contributed by atoms with Crippen LogP contribution >= 0.6 is 11.8 Å². The predicted molar refractivity (Wildman–Crippen MR) is 131 cm³/mol. The van der Waals surface area contributed by atoms with Gasteiger partial charge >= 0.3 is 0 Å². The fraction of sp³-hybridized carbons (Fsp3) is 0.280. The van der Waals surface area contributed by atoms with Gasteiger partial charge in [-0.25, -0.2) is 4.98 Å². The van der Waals surface area contributed by atoms with E-state index < -0.39 is 0 Å². The molecule has 1 atom stereocenters. The summed E-state index contributed by atoms with van der Waals surface area (Å²) in [6, 6.07) is 18.5. The lowest BCUT2D eigenvalue weighted by Gasteiger charge is -2.12. The minimum absolute atomic E-state index is 0.0115. The van der Waals surface area contributed by atoms with E-state index in [2.05, 4.69) is 58.8 Å². The molecule has 0 aliphatic rings. The second-order valence-electron chi connectivity index (χ2n) is 7.85. The molecule has 2 aromatic heterocycles. The third kappa shape index (κ3) is 4.53. The van der Waals surface area contributed by atoms with Gasteiger partial charge in [-0.3, -0.25) is 4.79 Å². The molecule has 0 fully saturated rings. The molecule has 4 aromatic rings. The Labute approximate surface area is 192 Å². The molecule has 0 aliphatic carbocycles. The number of hydrogen-bond acceptors (Lipinski definition) is 5. The molecule has 1 N–H and O–H groups in total. The SMILES string of the molecule is CCCNC(=O)C(C)Sc1nnc(-c2cc(-c3ccc(C)cc3)nc3ccccc23)n1C. The lowest BCUT2D eigenvalue weighted by atomic mass is 10.0. The normalized spacial score (nSPS) is 12.1. The molecular weight excluding hydrogens is 418 g/mol. The van der Waals surface area contributed by atoms with E-state index in [1.807, 2.05) is 43.7 Å². The predicted octanol–water partition coefficient (Wildman–Crippen LogP) is 5.01. The number of aryl methyl sites for hydroxylation is 1. The molecule has 1 amide bonds. The molecule has 0 saturated heterocycles. The molecular formula is C25H27N5OS. The maximum absolute atomic E-state index is 12.3. The van der Waals surface area contributed by atoms with Crippen molar-refractivity contribution in [2.24, 2.45) is 7.05 Å². The molecule has 0 bridgehead atoms. The molecule has 7 heteroatoms. The van der Waals surface area contributed by atoms with Crippen LogP contribution in [0.25, 0.3) is 33.5 Å². The number of nitrogens with zero attached hydrogens (tertiary/aromatic N) is 4. The number of carbonyl (C=O) groups is 1. The topological polar surface area (TPSA) is 72.7 Å². The summed E-state index contributed by atoms with van der Waals surface area (Å²) in [5.41, 5.74) is 5.03. The fourth-order valence-electron chi connectivity index (χ4n) is 3.49. The Kier molecular flexibility index (Phi) is 6.55. The van der Waals surface area contributed by atoms with E-state index in [0.29, 0.717) is 11.7 Å². The molecule has 0 saturated carbocycles. The first kappa shape index (κ1) is 22.0. The van der Waals surface area contributed by atoms with Crippen LogP contribution in [0.4, 0.5) is 0 Å². The monoisotopic (exact) mass is 445 g/mol. The Morgan fingerprint density at radius 2 is 1.88 bits per heavy atom. The summed E-state index contributed by atoms with van der Waals surface area (Å²) < 4.78 is 1.95. The number of aromatic nitrogens is 4. The highest BCUT2D eigenvalue weighted by Gasteiger charge is 2.20. The Bertz CT molecular complexity index is 1250. The third-order valence-electron chi connectivity index (χ3n) is 5.34. The van der Waals surface area contributed by atoms with Crippen molar-refractivity contribution in [3.05, 3.63) is 60.2 Å². The van der Waals surface area contributed by atoms with Gasteiger partial charge in [-0.1, -0.05) is 66.7 Å². The summed E-state index contributed by atoms with van der Waals surface area (Å²) in [7, 11) is 1.94. The van der Waals surface area contributed by atoms with Crippen LogP contribution in [0.5, 0.6) is 0 Å². The highest BCUT2D eigenvalue weighted by atomic mass is 32.2. The summed E-state index contributed by atoms with van der Waals surface area (Å²) in [5, 5.41) is 13.3. The zero-order valence-corrected chi connectivity index (χ0v) is 19.6. The van der Waals surface area contributed by atoms with Gasteiger partial charge in [0.25, 0.3) is 0 Å². The van der Waals surface area contributed by atoms with Gasteiger partial charge in [0.2, 0.25) is 5.91 Å². The van der Waals surface area contributed by atoms with E-state index in [-0.39, 0.29) is 11.2 Å². The standard InChI is InChI=1S/C25H27N5OS/c1-5-14-26-24(31)17(3)32-25-29-28-23(30(25)4)20-15-22(18-12-10-16(2)11-13-18)27-21-9-7-6-8-19(20)21/h6-13,15,17H,5,14H2,1-4H3,(H,26,31). The number of carbonyl (C=O) groups excluding carboxylic acids is 1. The zero-order valence-electron chi connectivity index (χ0n) is 18.8. The minimum atomic E-state index is -0.255. The zero-order chi connectivity index (χ0) is 22.7. The molecule has 0 radical (unpaired) electrons. The molecule has 6 nitrogen and oxygen atoms in total. The van der Waals surface area contributed by atoms with Crippen molar-refractivity contribution < 1.29 is 4.79 Å². The lowest BCUT2D eigenvalue weighted by Crippen LogP contribution is -2.31. The van der Waals surface area contributed by atoms with Gasteiger partial charge < -0.3 is 9.88 Å². The number of amides is 1. The quantitative estimate of drug-likeness (QED) is 0.405. The Morgan fingerprint density at radius 1 is 1.12 bits per heavy atom. The smallest absolute Gasteiger partial charge is 0.233 e. The third-order valence-corrected chi connectivity index (χ3v) is 6.47. The van der Waals surface area contributed by atoms with Gasteiger partial charge in [-0.2, -0.15) is 0 Å². The van der Waals surface area contributed by atoms with Crippen molar-refractivity contribution >= 4 is 28.6 Å². The van der Waals surface area contributed by atoms with Crippen LogP contribution in [-0.4, -0.2) is 37.5 Å². The van der Waals surface area contributed by atoms with E-state index in [4.69, 9.17) is 4.98 Å². The van der Waals surface area contributed by atoms with Crippen molar-refractivity contribution in [2.75, 3.05) is 6.54 Å². The summed E-state index contributed by atoms with van der Waals surface area (Å²) in [4.78, 5) is 17.2. The first-order valence-electron chi connectivity index (χ1n) is 10.8. The van der Waals surface area contributed by atoms with Crippen molar-refractivity contribution in [2.45, 2.75) is 37.6 Å². The van der Waals surface area contributed by atoms with Gasteiger partial charge in [0.1, 0.15) is 0 Å². The summed E-state index contributed by atoms with van der Waals surface area (Å²) >= 11 is 1.41. The van der Waals surface area contributed by atoms with Gasteiger partial charge in [0.05, 0.1) is 16.5 Å². The van der Waals surface area contributed by atoms with Gasteiger partial charge in [0.15, 0.2) is 11.0 Å². The first-order valence-corrected chi connectivity index (χ1v) is 11.7. The molecule has 0 aliphatic heterocycles. The summed E-state index contributed by atoms with van der Waals surface area (Å²) in [6.45, 7) is 6.68. The molecule has 2 heterocycles. The molecule has 0 spiro atoms.